The number of hydrogen-bond donors (Lipinski definition) is 1. The molecule has 19 heavy (non-hydrogen) atoms. The quantitative estimate of drug-likeness (QED) is 0.935. The molecule has 0 amide bonds. The summed E-state index contributed by atoms with van der Waals surface area (Å²) in [7, 11) is 1.57. The van der Waals surface area contributed by atoms with Crippen LogP contribution in [-0.4, -0.2) is 28.0 Å². The first-order chi connectivity index (χ1) is 9.02. The van der Waals surface area contributed by atoms with Crippen molar-refractivity contribution in [3.8, 4) is 5.75 Å². The van der Waals surface area contributed by atoms with E-state index in [1.807, 2.05) is 0 Å². The number of halogens is 1. The number of methoxy groups -OCH3 is 1. The van der Waals surface area contributed by atoms with Crippen molar-refractivity contribution in [2.75, 3.05) is 7.11 Å². The lowest BCUT2D eigenvalue weighted by atomic mass is 10.2. The van der Waals surface area contributed by atoms with Gasteiger partial charge in [0.15, 0.2) is 0 Å². The smallest absolute Gasteiger partial charge is 0.339 e. The summed E-state index contributed by atoms with van der Waals surface area (Å²) in [4.78, 5) is 11.0. The van der Waals surface area contributed by atoms with Crippen LogP contribution in [0.4, 0.5) is 0 Å². The highest BCUT2D eigenvalue weighted by atomic mass is 35.5. The van der Waals surface area contributed by atoms with Gasteiger partial charge in [-0.3, -0.25) is 4.68 Å². The Bertz CT molecular complexity index is 622. The molecule has 0 saturated heterocycles. The Hall–Kier alpha value is -2.01. The molecular weight excluding hydrogens is 268 g/mol. The maximum atomic E-state index is 11.0. The molecule has 1 heterocycles. The van der Waals surface area contributed by atoms with E-state index in [2.05, 4.69) is 5.10 Å². The van der Waals surface area contributed by atoms with Crippen molar-refractivity contribution >= 4 is 17.6 Å². The van der Waals surface area contributed by atoms with Gasteiger partial charge in [-0.05, 0) is 25.1 Å². The van der Waals surface area contributed by atoms with Crippen molar-refractivity contribution in [3.05, 3.63) is 46.2 Å². The van der Waals surface area contributed by atoms with E-state index >= 15 is 0 Å². The van der Waals surface area contributed by atoms with Crippen LogP contribution in [0.25, 0.3) is 0 Å². The van der Waals surface area contributed by atoms with Crippen LogP contribution in [0.2, 0.25) is 5.02 Å². The zero-order valence-electron chi connectivity index (χ0n) is 10.6. The van der Waals surface area contributed by atoms with Crippen LogP contribution >= 0.6 is 11.6 Å². The average Bonchev–Trinajstić information content (AvgIpc) is 2.71. The van der Waals surface area contributed by atoms with Gasteiger partial charge in [0.25, 0.3) is 0 Å². The molecule has 2 rings (SSSR count). The second-order valence-corrected chi connectivity index (χ2v) is 4.50. The second-order valence-electron chi connectivity index (χ2n) is 4.06. The van der Waals surface area contributed by atoms with Gasteiger partial charge < -0.3 is 9.84 Å². The number of hydrogen-bond acceptors (Lipinski definition) is 3. The van der Waals surface area contributed by atoms with E-state index in [1.54, 1.807) is 36.9 Å². The van der Waals surface area contributed by atoms with Crippen molar-refractivity contribution in [1.29, 1.82) is 0 Å². The summed E-state index contributed by atoms with van der Waals surface area (Å²) < 4.78 is 6.86. The fourth-order valence-corrected chi connectivity index (χ4v) is 2.04. The predicted molar refractivity (Wildman–Crippen MR) is 71.0 cm³/mol. The Morgan fingerprint density at radius 1 is 1.53 bits per heavy atom. The van der Waals surface area contributed by atoms with Crippen molar-refractivity contribution in [1.82, 2.24) is 9.78 Å². The number of rotatable bonds is 4. The Labute approximate surface area is 115 Å². The molecule has 6 heteroatoms. The van der Waals surface area contributed by atoms with E-state index in [0.717, 1.165) is 5.56 Å². The monoisotopic (exact) mass is 280 g/mol. The van der Waals surface area contributed by atoms with E-state index in [0.29, 0.717) is 23.0 Å². The minimum absolute atomic E-state index is 0.195. The number of benzene rings is 1. The maximum absolute atomic E-state index is 11.0. The molecule has 0 radical (unpaired) electrons. The lowest BCUT2D eigenvalue weighted by Gasteiger charge is -2.10. The lowest BCUT2D eigenvalue weighted by Crippen LogP contribution is -2.07. The highest BCUT2D eigenvalue weighted by Crippen LogP contribution is 2.24. The van der Waals surface area contributed by atoms with Gasteiger partial charge in [-0.25, -0.2) is 4.79 Å². The van der Waals surface area contributed by atoms with Gasteiger partial charge in [-0.1, -0.05) is 11.6 Å². The fraction of sp³-hybridized carbons (Fsp3) is 0.231. The third-order valence-electron chi connectivity index (χ3n) is 2.90. The molecule has 5 nitrogen and oxygen atoms in total. The third-order valence-corrected chi connectivity index (χ3v) is 3.13. The molecule has 0 aliphatic heterocycles. The summed E-state index contributed by atoms with van der Waals surface area (Å²) in [6, 6.07) is 5.29. The van der Waals surface area contributed by atoms with E-state index in [9.17, 15) is 4.79 Å². The second kappa shape index (κ2) is 5.32. The molecule has 2 aromatic rings. The maximum Gasteiger partial charge on any atom is 0.339 e. The molecule has 0 bridgehead atoms. The minimum atomic E-state index is -0.984. The van der Waals surface area contributed by atoms with Gasteiger partial charge in [0.05, 0.1) is 25.5 Å². The number of carboxylic acids is 1. The Kier molecular flexibility index (Phi) is 3.76. The SMILES string of the molecule is COc1ccc(Cl)cc1Cn1ncc(C(=O)O)c1C. The molecule has 1 aromatic carbocycles. The first-order valence-electron chi connectivity index (χ1n) is 5.61. The molecule has 1 N–H and O–H groups in total. The highest BCUT2D eigenvalue weighted by molar-refractivity contribution is 6.30. The highest BCUT2D eigenvalue weighted by Gasteiger charge is 2.14. The zero-order valence-corrected chi connectivity index (χ0v) is 11.3. The molecule has 0 saturated carbocycles. The van der Waals surface area contributed by atoms with Crippen LogP contribution < -0.4 is 4.74 Å². The van der Waals surface area contributed by atoms with Crippen LogP contribution in [0.3, 0.4) is 0 Å². The van der Waals surface area contributed by atoms with E-state index in [1.165, 1.54) is 6.20 Å². The van der Waals surface area contributed by atoms with Gasteiger partial charge in [-0.2, -0.15) is 5.10 Å². The Morgan fingerprint density at radius 2 is 2.26 bits per heavy atom. The van der Waals surface area contributed by atoms with Crippen LogP contribution in [-0.2, 0) is 6.54 Å². The normalized spacial score (nSPS) is 10.5. The van der Waals surface area contributed by atoms with Crippen LogP contribution in [0.1, 0.15) is 21.6 Å². The van der Waals surface area contributed by atoms with Crippen LogP contribution in [0.15, 0.2) is 24.4 Å². The first kappa shape index (κ1) is 13.4. The van der Waals surface area contributed by atoms with Crippen molar-refractivity contribution in [2.24, 2.45) is 0 Å². The largest absolute Gasteiger partial charge is 0.496 e. The summed E-state index contributed by atoms with van der Waals surface area (Å²) in [5.74, 6) is -0.294. The molecule has 0 atom stereocenters. The molecule has 0 aliphatic rings. The van der Waals surface area contributed by atoms with Gasteiger partial charge >= 0.3 is 5.97 Å². The molecular formula is C13H13ClN2O3. The van der Waals surface area contributed by atoms with Crippen molar-refractivity contribution < 1.29 is 14.6 Å². The van der Waals surface area contributed by atoms with Gasteiger partial charge in [0.1, 0.15) is 11.3 Å². The number of carboxylic acid groups (broad SMARTS) is 1. The number of carbonyl (C=O) groups is 1. The summed E-state index contributed by atoms with van der Waals surface area (Å²) >= 11 is 5.96. The number of ether oxygens (including phenoxy) is 1. The third kappa shape index (κ3) is 2.71. The minimum Gasteiger partial charge on any atom is -0.496 e. The molecule has 100 valence electrons. The summed E-state index contributed by atoms with van der Waals surface area (Å²) in [5.41, 5.74) is 1.63. The number of aromatic nitrogens is 2. The topological polar surface area (TPSA) is 64.4 Å². The van der Waals surface area contributed by atoms with Gasteiger partial charge in [0.2, 0.25) is 0 Å². The fourth-order valence-electron chi connectivity index (χ4n) is 1.85. The first-order valence-corrected chi connectivity index (χ1v) is 5.99. The predicted octanol–water partition coefficient (Wildman–Crippen LogP) is 2.60. The molecule has 0 unspecified atom stereocenters. The Morgan fingerprint density at radius 3 is 2.84 bits per heavy atom. The van der Waals surface area contributed by atoms with E-state index in [4.69, 9.17) is 21.4 Å². The van der Waals surface area contributed by atoms with Crippen molar-refractivity contribution in [2.45, 2.75) is 13.5 Å². The summed E-state index contributed by atoms with van der Waals surface area (Å²) in [5, 5.41) is 13.7. The van der Waals surface area contributed by atoms with Crippen LogP contribution in [0, 0.1) is 6.92 Å². The number of aromatic carboxylic acids is 1. The average molecular weight is 281 g/mol. The standard InChI is InChI=1S/C13H13ClN2O3/c1-8-11(13(17)18)6-15-16(8)7-9-5-10(14)3-4-12(9)19-2/h3-6H,7H2,1-2H3,(H,17,18). The summed E-state index contributed by atoms with van der Waals surface area (Å²) in [6.07, 6.45) is 1.34. The molecule has 0 fully saturated rings. The van der Waals surface area contributed by atoms with Crippen LogP contribution in [0.5, 0.6) is 5.75 Å². The molecule has 0 spiro atoms. The zero-order chi connectivity index (χ0) is 14.0. The molecule has 0 aliphatic carbocycles. The van der Waals surface area contributed by atoms with Crippen molar-refractivity contribution in [3.63, 3.8) is 0 Å². The number of nitrogens with zero attached hydrogens (tertiary/aromatic N) is 2. The molecule has 1 aromatic heterocycles. The van der Waals surface area contributed by atoms with E-state index in [-0.39, 0.29) is 5.56 Å². The summed E-state index contributed by atoms with van der Waals surface area (Å²) in [6.45, 7) is 2.12. The van der Waals surface area contributed by atoms with Gasteiger partial charge in [0, 0.05) is 10.6 Å². The van der Waals surface area contributed by atoms with Gasteiger partial charge in [-0.15, -0.1) is 0 Å². The van der Waals surface area contributed by atoms with E-state index < -0.39 is 5.97 Å². The lowest BCUT2D eigenvalue weighted by molar-refractivity contribution is 0.0696. The Balaban J connectivity index is 2.36.